The quantitative estimate of drug-likeness (QED) is 0.886. The smallest absolute Gasteiger partial charge is 0.162 e. The minimum Gasteiger partial charge on any atom is -0.392 e. The Morgan fingerprint density at radius 2 is 2.00 bits per heavy atom. The molecule has 0 aliphatic heterocycles. The molecule has 2 rings (SSSR count). The summed E-state index contributed by atoms with van der Waals surface area (Å²) in [5.74, 6) is -1.68. The molecular weight excluding hydrogens is 248 g/mol. The number of hydrogen-bond acceptors (Lipinski definition) is 2. The number of benzene rings is 1. The SMILES string of the molecule is CC1(C)CCC(CN)(Cc2cccc(F)c2F)C1O. The van der Waals surface area contributed by atoms with E-state index in [4.69, 9.17) is 5.73 Å². The third-order valence-electron chi connectivity index (χ3n) is 4.57. The lowest BCUT2D eigenvalue weighted by Crippen LogP contribution is -2.44. The summed E-state index contributed by atoms with van der Waals surface area (Å²) in [5, 5.41) is 10.5. The Morgan fingerprint density at radius 1 is 1.32 bits per heavy atom. The van der Waals surface area contributed by atoms with Gasteiger partial charge in [0, 0.05) is 12.0 Å². The fourth-order valence-corrected chi connectivity index (χ4v) is 3.21. The lowest BCUT2D eigenvalue weighted by molar-refractivity contribution is -0.00504. The van der Waals surface area contributed by atoms with Crippen LogP contribution in [0.5, 0.6) is 0 Å². The molecule has 0 radical (unpaired) electrons. The zero-order valence-electron chi connectivity index (χ0n) is 11.4. The van der Waals surface area contributed by atoms with Crippen molar-refractivity contribution in [3.8, 4) is 0 Å². The van der Waals surface area contributed by atoms with E-state index in [0.717, 1.165) is 18.9 Å². The fourth-order valence-electron chi connectivity index (χ4n) is 3.21. The molecule has 0 saturated heterocycles. The van der Waals surface area contributed by atoms with E-state index in [-0.39, 0.29) is 18.4 Å². The average Bonchev–Trinajstić information content (AvgIpc) is 2.60. The number of nitrogens with two attached hydrogens (primary N) is 1. The van der Waals surface area contributed by atoms with Crippen molar-refractivity contribution in [2.75, 3.05) is 6.54 Å². The van der Waals surface area contributed by atoms with Crippen LogP contribution in [-0.2, 0) is 6.42 Å². The molecule has 4 heteroatoms. The maximum absolute atomic E-state index is 13.8. The van der Waals surface area contributed by atoms with Crippen LogP contribution >= 0.6 is 0 Å². The van der Waals surface area contributed by atoms with Gasteiger partial charge in [0.25, 0.3) is 0 Å². The molecule has 1 saturated carbocycles. The number of rotatable bonds is 3. The summed E-state index contributed by atoms with van der Waals surface area (Å²) in [5.41, 5.74) is 5.34. The second-order valence-corrected chi connectivity index (χ2v) is 6.35. The Hall–Kier alpha value is -1.00. The van der Waals surface area contributed by atoms with Gasteiger partial charge < -0.3 is 10.8 Å². The standard InChI is InChI=1S/C15H21F2NO/c1-14(2)6-7-15(9-18,13(14)19)8-10-4-3-5-11(16)12(10)17/h3-5,13,19H,6-9,18H2,1-2H3. The van der Waals surface area contributed by atoms with Crippen LogP contribution in [-0.4, -0.2) is 17.8 Å². The van der Waals surface area contributed by atoms with Crippen LogP contribution in [0.25, 0.3) is 0 Å². The van der Waals surface area contributed by atoms with Crippen molar-refractivity contribution in [2.45, 2.75) is 39.2 Å². The van der Waals surface area contributed by atoms with Crippen molar-refractivity contribution in [2.24, 2.45) is 16.6 Å². The maximum atomic E-state index is 13.8. The minimum atomic E-state index is -0.851. The second-order valence-electron chi connectivity index (χ2n) is 6.35. The molecule has 1 fully saturated rings. The van der Waals surface area contributed by atoms with Crippen molar-refractivity contribution in [1.29, 1.82) is 0 Å². The summed E-state index contributed by atoms with van der Waals surface area (Å²) in [7, 11) is 0. The fraction of sp³-hybridized carbons (Fsp3) is 0.600. The first kappa shape index (κ1) is 14.4. The van der Waals surface area contributed by atoms with Gasteiger partial charge in [-0.2, -0.15) is 0 Å². The normalized spacial score (nSPS) is 29.7. The largest absolute Gasteiger partial charge is 0.392 e. The molecule has 0 bridgehead atoms. The van der Waals surface area contributed by atoms with Crippen molar-refractivity contribution >= 4 is 0 Å². The molecule has 1 aliphatic rings. The Balaban J connectivity index is 2.32. The highest BCUT2D eigenvalue weighted by molar-refractivity contribution is 5.22. The zero-order valence-corrected chi connectivity index (χ0v) is 11.4. The van der Waals surface area contributed by atoms with E-state index < -0.39 is 23.2 Å². The van der Waals surface area contributed by atoms with Gasteiger partial charge in [0.05, 0.1) is 6.10 Å². The van der Waals surface area contributed by atoms with Gasteiger partial charge in [-0.1, -0.05) is 26.0 Å². The van der Waals surface area contributed by atoms with Gasteiger partial charge >= 0.3 is 0 Å². The van der Waals surface area contributed by atoms with E-state index in [1.807, 2.05) is 13.8 Å². The Kier molecular flexibility index (Phi) is 3.67. The number of aliphatic hydroxyl groups excluding tert-OH is 1. The molecule has 19 heavy (non-hydrogen) atoms. The molecule has 106 valence electrons. The summed E-state index contributed by atoms with van der Waals surface area (Å²) in [6.45, 7) is 4.24. The topological polar surface area (TPSA) is 46.2 Å². The number of hydrogen-bond donors (Lipinski definition) is 2. The highest BCUT2D eigenvalue weighted by atomic mass is 19.2. The maximum Gasteiger partial charge on any atom is 0.162 e. The van der Waals surface area contributed by atoms with Gasteiger partial charge in [-0.25, -0.2) is 8.78 Å². The predicted octanol–water partition coefficient (Wildman–Crippen LogP) is 2.63. The van der Waals surface area contributed by atoms with Crippen LogP contribution in [0, 0.1) is 22.5 Å². The zero-order chi connectivity index (χ0) is 14.3. The molecule has 2 nitrogen and oxygen atoms in total. The van der Waals surface area contributed by atoms with Crippen molar-refractivity contribution < 1.29 is 13.9 Å². The van der Waals surface area contributed by atoms with Crippen LogP contribution in [0.3, 0.4) is 0 Å². The summed E-state index contributed by atoms with van der Waals surface area (Å²) in [4.78, 5) is 0. The monoisotopic (exact) mass is 269 g/mol. The van der Waals surface area contributed by atoms with Gasteiger partial charge in [-0.05, 0) is 36.3 Å². The molecule has 3 N–H and O–H groups in total. The predicted molar refractivity (Wildman–Crippen MR) is 70.6 cm³/mol. The summed E-state index contributed by atoms with van der Waals surface area (Å²) >= 11 is 0. The lowest BCUT2D eigenvalue weighted by atomic mass is 9.74. The molecule has 0 heterocycles. The Bertz CT molecular complexity index is 475. The molecule has 2 atom stereocenters. The number of aliphatic hydroxyl groups is 1. The van der Waals surface area contributed by atoms with Crippen molar-refractivity contribution in [3.63, 3.8) is 0 Å². The summed E-state index contributed by atoms with van der Waals surface area (Å²) < 4.78 is 27.0. The van der Waals surface area contributed by atoms with Crippen LogP contribution in [0.1, 0.15) is 32.3 Å². The van der Waals surface area contributed by atoms with E-state index >= 15 is 0 Å². The minimum absolute atomic E-state index is 0.233. The van der Waals surface area contributed by atoms with E-state index in [1.54, 1.807) is 6.07 Å². The lowest BCUT2D eigenvalue weighted by Gasteiger charge is -2.36. The molecule has 0 aromatic heterocycles. The molecule has 2 unspecified atom stereocenters. The van der Waals surface area contributed by atoms with E-state index in [1.165, 1.54) is 6.07 Å². The molecule has 1 aliphatic carbocycles. The molecule has 0 amide bonds. The van der Waals surface area contributed by atoms with Gasteiger partial charge in [-0.15, -0.1) is 0 Å². The van der Waals surface area contributed by atoms with E-state index in [2.05, 4.69) is 0 Å². The average molecular weight is 269 g/mol. The van der Waals surface area contributed by atoms with Crippen LogP contribution in [0.4, 0.5) is 8.78 Å². The van der Waals surface area contributed by atoms with Crippen LogP contribution in [0.15, 0.2) is 18.2 Å². The number of halogens is 2. The first-order valence-electron chi connectivity index (χ1n) is 6.63. The summed E-state index contributed by atoms with van der Waals surface area (Å²) in [6, 6.07) is 4.15. The third kappa shape index (κ3) is 2.39. The first-order valence-corrected chi connectivity index (χ1v) is 6.63. The molecule has 1 aromatic rings. The van der Waals surface area contributed by atoms with E-state index in [9.17, 15) is 13.9 Å². The third-order valence-corrected chi connectivity index (χ3v) is 4.57. The van der Waals surface area contributed by atoms with Crippen molar-refractivity contribution in [1.82, 2.24) is 0 Å². The molecule has 1 aromatic carbocycles. The molecular formula is C15H21F2NO. The van der Waals surface area contributed by atoms with Gasteiger partial charge in [0.2, 0.25) is 0 Å². The summed E-state index contributed by atoms with van der Waals surface area (Å²) in [6.07, 6.45) is 1.24. The van der Waals surface area contributed by atoms with E-state index in [0.29, 0.717) is 5.56 Å². The Morgan fingerprint density at radius 3 is 2.53 bits per heavy atom. The Labute approximate surface area is 112 Å². The van der Waals surface area contributed by atoms with Gasteiger partial charge in [0.1, 0.15) is 0 Å². The highest BCUT2D eigenvalue weighted by Gasteiger charge is 2.51. The van der Waals surface area contributed by atoms with Crippen LogP contribution < -0.4 is 5.73 Å². The first-order chi connectivity index (χ1) is 8.82. The van der Waals surface area contributed by atoms with Gasteiger partial charge in [0.15, 0.2) is 11.6 Å². The molecule has 0 spiro atoms. The van der Waals surface area contributed by atoms with Crippen LogP contribution in [0.2, 0.25) is 0 Å². The highest BCUT2D eigenvalue weighted by Crippen LogP contribution is 2.50. The second kappa shape index (κ2) is 4.84. The van der Waals surface area contributed by atoms with Gasteiger partial charge in [-0.3, -0.25) is 0 Å². The van der Waals surface area contributed by atoms with Crippen molar-refractivity contribution in [3.05, 3.63) is 35.4 Å².